The van der Waals surface area contributed by atoms with Gasteiger partial charge >= 0.3 is 0 Å². The van der Waals surface area contributed by atoms with Crippen LogP contribution in [0.4, 0.5) is 4.39 Å². The van der Waals surface area contributed by atoms with Crippen molar-refractivity contribution in [3.05, 3.63) is 35.1 Å². The van der Waals surface area contributed by atoms with Crippen LogP contribution in [0.3, 0.4) is 0 Å². The maximum Gasteiger partial charge on any atom is 0.231 e. The first-order chi connectivity index (χ1) is 8.43. The van der Waals surface area contributed by atoms with E-state index in [1.807, 2.05) is 6.92 Å². The summed E-state index contributed by atoms with van der Waals surface area (Å²) in [6.45, 7) is 2.85. The summed E-state index contributed by atoms with van der Waals surface area (Å²) < 4.78 is 13.6. The van der Waals surface area contributed by atoms with Crippen molar-refractivity contribution in [1.82, 2.24) is 4.90 Å². The second-order valence-corrected chi connectivity index (χ2v) is 4.38. The number of primary amides is 1. The van der Waals surface area contributed by atoms with Crippen molar-refractivity contribution >= 4 is 23.1 Å². The molecule has 0 aliphatic heterocycles. The average molecular weight is 269 g/mol. The highest BCUT2D eigenvalue weighted by Gasteiger charge is 2.11. The fourth-order valence-corrected chi connectivity index (χ4v) is 1.72. The predicted molar refractivity (Wildman–Crippen MR) is 72.4 cm³/mol. The number of likely N-dealkylation sites (N-methyl/N-ethyl adjacent to an activating group) is 1. The third-order valence-corrected chi connectivity index (χ3v) is 2.79. The van der Waals surface area contributed by atoms with E-state index in [-0.39, 0.29) is 17.4 Å². The molecule has 6 heteroatoms. The fourth-order valence-electron chi connectivity index (χ4n) is 1.59. The Labute approximate surface area is 111 Å². The number of rotatable bonds is 6. The number of thiocarbonyl (C=S) groups is 1. The molecule has 1 rings (SSSR count). The molecular weight excluding hydrogens is 253 g/mol. The van der Waals surface area contributed by atoms with Gasteiger partial charge in [-0.05, 0) is 24.7 Å². The van der Waals surface area contributed by atoms with Gasteiger partial charge < -0.3 is 11.5 Å². The summed E-state index contributed by atoms with van der Waals surface area (Å²) >= 11 is 4.84. The van der Waals surface area contributed by atoms with Crippen LogP contribution >= 0.6 is 12.2 Å². The molecule has 0 aliphatic carbocycles. The van der Waals surface area contributed by atoms with Gasteiger partial charge in [0.25, 0.3) is 0 Å². The third-order valence-electron chi connectivity index (χ3n) is 2.55. The third kappa shape index (κ3) is 4.05. The quantitative estimate of drug-likeness (QED) is 0.748. The lowest BCUT2D eigenvalue weighted by Gasteiger charge is -2.19. The van der Waals surface area contributed by atoms with Crippen LogP contribution in [0.1, 0.15) is 18.1 Å². The summed E-state index contributed by atoms with van der Waals surface area (Å²) in [5.74, 6) is -0.791. The van der Waals surface area contributed by atoms with Crippen molar-refractivity contribution < 1.29 is 9.18 Å². The molecule has 0 aromatic heterocycles. The molecule has 0 unspecified atom stereocenters. The lowest BCUT2D eigenvalue weighted by molar-refractivity contribution is -0.119. The van der Waals surface area contributed by atoms with Gasteiger partial charge in [-0.2, -0.15) is 0 Å². The van der Waals surface area contributed by atoms with E-state index >= 15 is 0 Å². The maximum absolute atomic E-state index is 13.6. The average Bonchev–Trinajstić information content (AvgIpc) is 2.29. The monoisotopic (exact) mass is 269 g/mol. The van der Waals surface area contributed by atoms with Gasteiger partial charge in [-0.3, -0.25) is 9.69 Å². The lowest BCUT2D eigenvalue weighted by atomic mass is 10.1. The second-order valence-electron chi connectivity index (χ2n) is 3.94. The Morgan fingerprint density at radius 3 is 2.61 bits per heavy atom. The molecule has 0 atom stereocenters. The molecule has 1 aromatic rings. The minimum atomic E-state index is -0.442. The topological polar surface area (TPSA) is 72.3 Å². The number of halogens is 1. The molecule has 0 fully saturated rings. The highest BCUT2D eigenvalue weighted by molar-refractivity contribution is 7.80. The number of nitrogens with zero attached hydrogens (tertiary/aromatic N) is 1. The van der Waals surface area contributed by atoms with Crippen LogP contribution in [0.2, 0.25) is 0 Å². The molecule has 0 heterocycles. The molecule has 0 saturated carbocycles. The van der Waals surface area contributed by atoms with Gasteiger partial charge in [-0.1, -0.05) is 19.1 Å². The zero-order valence-electron chi connectivity index (χ0n) is 10.1. The summed E-state index contributed by atoms with van der Waals surface area (Å²) in [5.41, 5.74) is 11.7. The Morgan fingerprint density at radius 1 is 1.44 bits per heavy atom. The summed E-state index contributed by atoms with van der Waals surface area (Å²) in [6, 6.07) is 4.45. The van der Waals surface area contributed by atoms with Crippen molar-refractivity contribution in [2.75, 3.05) is 13.1 Å². The molecule has 0 spiro atoms. The largest absolute Gasteiger partial charge is 0.389 e. The number of carbonyl (C=O) groups excluding carboxylic acids is 1. The molecule has 1 aromatic carbocycles. The van der Waals surface area contributed by atoms with Gasteiger partial charge in [0.05, 0.1) is 6.54 Å². The Balaban J connectivity index is 2.90. The van der Waals surface area contributed by atoms with Crippen LogP contribution in [0.15, 0.2) is 18.2 Å². The Kier molecular flexibility index (Phi) is 5.18. The van der Waals surface area contributed by atoms with Gasteiger partial charge in [0.1, 0.15) is 10.8 Å². The number of benzene rings is 1. The van der Waals surface area contributed by atoms with E-state index in [0.29, 0.717) is 24.2 Å². The zero-order chi connectivity index (χ0) is 13.7. The Bertz CT molecular complexity index is 465. The van der Waals surface area contributed by atoms with Gasteiger partial charge in [0.15, 0.2) is 0 Å². The van der Waals surface area contributed by atoms with E-state index in [9.17, 15) is 9.18 Å². The Morgan fingerprint density at radius 2 is 2.11 bits per heavy atom. The van der Waals surface area contributed by atoms with E-state index in [4.69, 9.17) is 23.7 Å². The van der Waals surface area contributed by atoms with E-state index < -0.39 is 5.91 Å². The number of hydrogen-bond donors (Lipinski definition) is 2. The Hall–Kier alpha value is -1.53. The molecule has 1 amide bonds. The van der Waals surface area contributed by atoms with Crippen LogP contribution in [-0.2, 0) is 11.3 Å². The SMILES string of the molecule is CCN(CC(N)=O)Cc1cc(C(N)=S)ccc1F. The predicted octanol–water partition coefficient (Wildman–Crippen LogP) is 0.767. The zero-order valence-corrected chi connectivity index (χ0v) is 11.0. The van der Waals surface area contributed by atoms with Crippen molar-refractivity contribution in [1.29, 1.82) is 0 Å². The fraction of sp³-hybridized carbons (Fsp3) is 0.333. The number of carbonyl (C=O) groups is 1. The first kappa shape index (κ1) is 14.5. The number of nitrogens with two attached hydrogens (primary N) is 2. The highest BCUT2D eigenvalue weighted by Crippen LogP contribution is 2.13. The first-order valence-electron chi connectivity index (χ1n) is 5.53. The maximum atomic E-state index is 13.6. The molecule has 4 N–H and O–H groups in total. The lowest BCUT2D eigenvalue weighted by Crippen LogP contribution is -2.33. The number of hydrogen-bond acceptors (Lipinski definition) is 3. The van der Waals surface area contributed by atoms with Crippen LogP contribution < -0.4 is 11.5 Å². The standard InChI is InChI=1S/C12H16FN3OS/c1-2-16(7-11(14)17)6-9-5-8(12(15)18)3-4-10(9)13/h3-5H,2,6-7H2,1H3,(H2,14,17)(H2,15,18). The van der Waals surface area contributed by atoms with Crippen LogP contribution in [0.25, 0.3) is 0 Å². The highest BCUT2D eigenvalue weighted by atomic mass is 32.1. The van der Waals surface area contributed by atoms with Crippen LogP contribution in [0.5, 0.6) is 0 Å². The molecule has 18 heavy (non-hydrogen) atoms. The molecule has 0 saturated heterocycles. The summed E-state index contributed by atoms with van der Waals surface area (Å²) in [5, 5.41) is 0. The van der Waals surface area contributed by atoms with Crippen molar-refractivity contribution in [3.63, 3.8) is 0 Å². The summed E-state index contributed by atoms with van der Waals surface area (Å²) in [6.07, 6.45) is 0. The van der Waals surface area contributed by atoms with Crippen molar-refractivity contribution in [2.24, 2.45) is 11.5 Å². The smallest absolute Gasteiger partial charge is 0.231 e. The molecule has 0 radical (unpaired) electrons. The molecule has 0 bridgehead atoms. The van der Waals surface area contributed by atoms with Crippen LogP contribution in [0, 0.1) is 5.82 Å². The van der Waals surface area contributed by atoms with Crippen LogP contribution in [-0.4, -0.2) is 28.9 Å². The number of amides is 1. The molecular formula is C12H16FN3OS. The summed E-state index contributed by atoms with van der Waals surface area (Å²) in [7, 11) is 0. The van der Waals surface area contributed by atoms with Crippen molar-refractivity contribution in [3.8, 4) is 0 Å². The van der Waals surface area contributed by atoms with E-state index in [1.54, 1.807) is 11.0 Å². The molecule has 0 aliphatic rings. The van der Waals surface area contributed by atoms with Gasteiger partial charge in [0.2, 0.25) is 5.91 Å². The first-order valence-corrected chi connectivity index (χ1v) is 5.93. The minimum Gasteiger partial charge on any atom is -0.389 e. The van der Waals surface area contributed by atoms with Gasteiger partial charge in [-0.15, -0.1) is 0 Å². The van der Waals surface area contributed by atoms with Gasteiger partial charge in [0, 0.05) is 17.7 Å². The normalized spacial score (nSPS) is 10.6. The van der Waals surface area contributed by atoms with Gasteiger partial charge in [-0.25, -0.2) is 4.39 Å². The molecule has 4 nitrogen and oxygen atoms in total. The minimum absolute atomic E-state index is 0.0905. The second kappa shape index (κ2) is 6.42. The van der Waals surface area contributed by atoms with Crippen molar-refractivity contribution in [2.45, 2.75) is 13.5 Å². The van der Waals surface area contributed by atoms with E-state index in [2.05, 4.69) is 0 Å². The van der Waals surface area contributed by atoms with E-state index in [0.717, 1.165) is 0 Å². The summed E-state index contributed by atoms with van der Waals surface area (Å²) in [4.78, 5) is 12.8. The van der Waals surface area contributed by atoms with E-state index in [1.165, 1.54) is 12.1 Å². The molecule has 98 valence electrons.